The lowest BCUT2D eigenvalue weighted by Crippen LogP contribution is -2.02. The van der Waals surface area contributed by atoms with E-state index in [0.717, 1.165) is 16.7 Å². The molecule has 0 aliphatic heterocycles. The van der Waals surface area contributed by atoms with Crippen molar-refractivity contribution in [2.45, 2.75) is 41.0 Å². The van der Waals surface area contributed by atoms with Crippen molar-refractivity contribution in [2.24, 2.45) is 0 Å². The number of aryl methyl sites for hydroxylation is 3. The third-order valence-corrected chi connectivity index (χ3v) is 3.72. The summed E-state index contributed by atoms with van der Waals surface area (Å²) < 4.78 is 5.48. The maximum atomic E-state index is 11.0. The van der Waals surface area contributed by atoms with Crippen LogP contribution in [-0.2, 0) is 11.2 Å². The highest BCUT2D eigenvalue weighted by atomic mass is 16.4. The average molecular weight is 273 g/mol. The van der Waals surface area contributed by atoms with Crippen LogP contribution in [0.3, 0.4) is 0 Å². The second-order valence-corrected chi connectivity index (χ2v) is 5.21. The molecule has 1 N–H and O–H groups in total. The smallest absolute Gasteiger partial charge is 0.311 e. The fraction of sp³-hybridized carbons (Fsp3) is 0.375. The summed E-state index contributed by atoms with van der Waals surface area (Å²) in [4.78, 5) is 15.4. The fourth-order valence-corrected chi connectivity index (χ4v) is 2.49. The molecule has 0 atom stereocenters. The van der Waals surface area contributed by atoms with Crippen molar-refractivity contribution in [1.29, 1.82) is 0 Å². The first-order valence-corrected chi connectivity index (χ1v) is 6.57. The molecular weight excluding hydrogens is 254 g/mol. The third kappa shape index (κ3) is 2.46. The minimum Gasteiger partial charge on any atom is -0.481 e. The van der Waals surface area contributed by atoms with Crippen molar-refractivity contribution >= 4 is 5.97 Å². The van der Waals surface area contributed by atoms with Crippen LogP contribution in [0.2, 0.25) is 0 Å². The van der Waals surface area contributed by atoms with Crippen molar-refractivity contribution in [1.82, 2.24) is 4.98 Å². The van der Waals surface area contributed by atoms with Crippen molar-refractivity contribution in [3.8, 4) is 11.3 Å². The molecule has 0 amide bonds. The Bertz CT molecular complexity index is 657. The maximum Gasteiger partial charge on any atom is 0.311 e. The standard InChI is InChI=1S/C16H19NO3/c1-8-6-9(2)11(4)15(10(8)3)16-13(7-14(18)19)20-12(5)17-16/h6H,7H2,1-5H3,(H,18,19). The monoisotopic (exact) mass is 273 g/mol. The molecule has 0 bridgehead atoms. The van der Waals surface area contributed by atoms with E-state index in [9.17, 15) is 4.79 Å². The first-order valence-electron chi connectivity index (χ1n) is 6.57. The summed E-state index contributed by atoms with van der Waals surface area (Å²) in [5.41, 5.74) is 6.23. The highest BCUT2D eigenvalue weighted by Crippen LogP contribution is 2.33. The minimum atomic E-state index is -0.915. The summed E-state index contributed by atoms with van der Waals surface area (Å²) in [7, 11) is 0. The van der Waals surface area contributed by atoms with E-state index in [1.807, 2.05) is 13.8 Å². The zero-order valence-corrected chi connectivity index (χ0v) is 12.5. The summed E-state index contributed by atoms with van der Waals surface area (Å²) in [6, 6.07) is 2.14. The van der Waals surface area contributed by atoms with Crippen LogP contribution in [0.1, 0.15) is 33.9 Å². The number of nitrogens with zero attached hydrogens (tertiary/aromatic N) is 1. The first-order chi connectivity index (χ1) is 9.31. The number of carboxylic acid groups (broad SMARTS) is 1. The van der Waals surface area contributed by atoms with Gasteiger partial charge >= 0.3 is 5.97 Å². The Morgan fingerprint density at radius 3 is 2.20 bits per heavy atom. The van der Waals surface area contributed by atoms with Crippen molar-refractivity contribution < 1.29 is 14.3 Å². The molecule has 0 saturated carbocycles. The number of carboxylic acids is 1. The third-order valence-electron chi connectivity index (χ3n) is 3.72. The molecule has 0 radical (unpaired) electrons. The normalized spacial score (nSPS) is 10.8. The van der Waals surface area contributed by atoms with Gasteiger partial charge in [-0.2, -0.15) is 0 Å². The Labute approximate surface area is 118 Å². The predicted octanol–water partition coefficient (Wildman–Crippen LogP) is 3.51. The molecule has 1 aromatic heterocycles. The van der Waals surface area contributed by atoms with Crippen LogP contribution in [0, 0.1) is 34.6 Å². The molecule has 0 fully saturated rings. The lowest BCUT2D eigenvalue weighted by molar-refractivity contribution is -0.136. The lowest BCUT2D eigenvalue weighted by Gasteiger charge is -2.14. The van der Waals surface area contributed by atoms with Crippen LogP contribution in [0.25, 0.3) is 11.3 Å². The number of aromatic nitrogens is 1. The van der Waals surface area contributed by atoms with E-state index in [0.29, 0.717) is 17.3 Å². The topological polar surface area (TPSA) is 63.3 Å². The lowest BCUT2D eigenvalue weighted by atomic mass is 9.91. The first kappa shape index (κ1) is 14.3. The molecule has 1 aromatic carbocycles. The molecule has 0 saturated heterocycles. The van der Waals surface area contributed by atoms with Crippen LogP contribution >= 0.6 is 0 Å². The van der Waals surface area contributed by atoms with E-state index in [4.69, 9.17) is 9.52 Å². The van der Waals surface area contributed by atoms with Gasteiger partial charge in [0.1, 0.15) is 17.9 Å². The summed E-state index contributed by atoms with van der Waals surface area (Å²) in [6.45, 7) is 9.91. The molecule has 0 unspecified atom stereocenters. The highest BCUT2D eigenvalue weighted by Gasteiger charge is 2.20. The Kier molecular flexibility index (Phi) is 3.66. The molecule has 4 nitrogen and oxygen atoms in total. The summed E-state index contributed by atoms with van der Waals surface area (Å²) >= 11 is 0. The van der Waals surface area contributed by atoms with E-state index in [1.165, 1.54) is 11.1 Å². The number of benzene rings is 1. The molecule has 4 heteroatoms. The number of hydrogen-bond donors (Lipinski definition) is 1. The SMILES string of the molecule is Cc1nc(-c2c(C)c(C)cc(C)c2C)c(CC(=O)O)o1. The quantitative estimate of drug-likeness (QED) is 0.929. The van der Waals surface area contributed by atoms with Gasteiger partial charge in [-0.05, 0) is 49.9 Å². The number of hydrogen-bond acceptors (Lipinski definition) is 3. The van der Waals surface area contributed by atoms with E-state index in [-0.39, 0.29) is 6.42 Å². The van der Waals surface area contributed by atoms with Crippen LogP contribution in [0.15, 0.2) is 10.5 Å². The molecule has 0 aliphatic rings. The van der Waals surface area contributed by atoms with Gasteiger partial charge in [0, 0.05) is 12.5 Å². The van der Waals surface area contributed by atoms with Gasteiger partial charge < -0.3 is 9.52 Å². The summed E-state index contributed by atoms with van der Waals surface area (Å²) in [5.74, 6) is 0.00231. The van der Waals surface area contributed by atoms with Crippen molar-refractivity contribution in [3.63, 3.8) is 0 Å². The van der Waals surface area contributed by atoms with Crippen molar-refractivity contribution in [2.75, 3.05) is 0 Å². The summed E-state index contributed by atoms with van der Waals surface area (Å²) in [5, 5.41) is 9.01. The van der Waals surface area contributed by atoms with Gasteiger partial charge in [0.15, 0.2) is 5.89 Å². The van der Waals surface area contributed by atoms with E-state index >= 15 is 0 Å². The maximum absolute atomic E-state index is 11.0. The van der Waals surface area contributed by atoms with Gasteiger partial charge in [-0.1, -0.05) is 6.07 Å². The fourth-order valence-electron chi connectivity index (χ4n) is 2.49. The molecule has 2 rings (SSSR count). The van der Waals surface area contributed by atoms with Gasteiger partial charge in [-0.15, -0.1) is 0 Å². The van der Waals surface area contributed by atoms with E-state index in [1.54, 1.807) is 6.92 Å². The van der Waals surface area contributed by atoms with Gasteiger partial charge in [-0.25, -0.2) is 4.98 Å². The Morgan fingerprint density at radius 2 is 1.70 bits per heavy atom. The van der Waals surface area contributed by atoms with Crippen LogP contribution < -0.4 is 0 Å². The number of aliphatic carboxylic acids is 1. The highest BCUT2D eigenvalue weighted by molar-refractivity contribution is 5.77. The Balaban J connectivity index is 2.71. The number of carbonyl (C=O) groups is 1. The largest absolute Gasteiger partial charge is 0.481 e. The molecule has 0 aliphatic carbocycles. The average Bonchev–Trinajstić information content (AvgIpc) is 2.67. The molecule has 20 heavy (non-hydrogen) atoms. The van der Waals surface area contributed by atoms with Crippen LogP contribution in [-0.4, -0.2) is 16.1 Å². The summed E-state index contributed by atoms with van der Waals surface area (Å²) in [6.07, 6.45) is -0.151. The molecule has 1 heterocycles. The zero-order valence-electron chi connectivity index (χ0n) is 12.5. The minimum absolute atomic E-state index is 0.151. The second-order valence-electron chi connectivity index (χ2n) is 5.21. The Hall–Kier alpha value is -2.10. The molecule has 106 valence electrons. The second kappa shape index (κ2) is 5.12. The van der Waals surface area contributed by atoms with Gasteiger partial charge in [0.05, 0.1) is 0 Å². The zero-order chi connectivity index (χ0) is 15.0. The molecular formula is C16H19NO3. The molecule has 0 spiro atoms. The molecule has 2 aromatic rings. The predicted molar refractivity (Wildman–Crippen MR) is 77.0 cm³/mol. The number of oxazole rings is 1. The van der Waals surface area contributed by atoms with E-state index < -0.39 is 5.97 Å². The van der Waals surface area contributed by atoms with Gasteiger partial charge in [0.2, 0.25) is 0 Å². The van der Waals surface area contributed by atoms with Crippen LogP contribution in [0.4, 0.5) is 0 Å². The van der Waals surface area contributed by atoms with Gasteiger partial charge in [-0.3, -0.25) is 4.79 Å². The van der Waals surface area contributed by atoms with Crippen LogP contribution in [0.5, 0.6) is 0 Å². The Morgan fingerprint density at radius 1 is 1.15 bits per heavy atom. The number of rotatable bonds is 3. The van der Waals surface area contributed by atoms with Crippen molar-refractivity contribution in [3.05, 3.63) is 40.0 Å². The van der Waals surface area contributed by atoms with Gasteiger partial charge in [0.25, 0.3) is 0 Å². The van der Waals surface area contributed by atoms with E-state index in [2.05, 4.69) is 24.9 Å².